The van der Waals surface area contributed by atoms with Crippen molar-refractivity contribution >= 4 is 55.1 Å². The normalized spacial score (nSPS) is 22.7. The third-order valence-electron chi connectivity index (χ3n) is 1.11. The van der Waals surface area contributed by atoms with Crippen molar-refractivity contribution in [1.29, 1.82) is 0 Å². The van der Waals surface area contributed by atoms with Crippen LogP contribution in [0.1, 0.15) is 0 Å². The predicted molar refractivity (Wildman–Crippen MR) is 47.1 cm³/mol. The number of alkyl halides is 10. The van der Waals surface area contributed by atoms with Crippen molar-refractivity contribution in [1.82, 2.24) is 0 Å². The summed E-state index contributed by atoms with van der Waals surface area (Å²) in [4.78, 5) is 0. The number of rotatable bonds is 3. The molecule has 0 aliphatic rings. The molecule has 0 N–H and O–H groups in total. The number of halogens is 10. The molecule has 0 fully saturated rings. The molecule has 0 rings (SSSR count). The minimum absolute atomic E-state index is 1.42. The SMILES string of the molecule is FC(F)(Cl)C(F)(Br)C(F)(Br)C(F)(F)Cl. The van der Waals surface area contributed by atoms with Crippen LogP contribution in [0.15, 0.2) is 0 Å². The second-order valence-corrected chi connectivity index (χ2v) is 5.28. The van der Waals surface area contributed by atoms with E-state index in [1.807, 2.05) is 0 Å². The van der Waals surface area contributed by atoms with Crippen LogP contribution < -0.4 is 0 Å². The van der Waals surface area contributed by atoms with Crippen LogP contribution in [-0.2, 0) is 0 Å². The lowest BCUT2D eigenvalue weighted by atomic mass is 10.2. The third kappa shape index (κ3) is 2.44. The Balaban J connectivity index is 5.30. The molecule has 0 spiro atoms. The highest BCUT2D eigenvalue weighted by Crippen LogP contribution is 2.59. The van der Waals surface area contributed by atoms with Gasteiger partial charge in [-0.2, -0.15) is 17.6 Å². The first kappa shape index (κ1) is 15.1. The second kappa shape index (κ2) is 3.85. The smallest absolute Gasteiger partial charge is 0.218 e. The fourth-order valence-electron chi connectivity index (χ4n) is 0.356. The molecule has 0 nitrogen and oxygen atoms in total. The second-order valence-electron chi connectivity index (χ2n) is 2.14. The fraction of sp³-hybridized carbons (Fsp3) is 1.00. The summed E-state index contributed by atoms with van der Waals surface area (Å²) in [5.41, 5.74) is 0. The van der Waals surface area contributed by atoms with Gasteiger partial charge in [0.15, 0.2) is 0 Å². The van der Waals surface area contributed by atoms with Crippen LogP contribution in [0.25, 0.3) is 0 Å². The summed E-state index contributed by atoms with van der Waals surface area (Å²) in [6.07, 6.45) is 0. The highest BCUT2D eigenvalue weighted by atomic mass is 79.9. The first-order valence-corrected chi connectivity index (χ1v) is 4.98. The largest absolute Gasteiger partial charge is 0.369 e. The van der Waals surface area contributed by atoms with E-state index in [0.29, 0.717) is 0 Å². The van der Waals surface area contributed by atoms with Gasteiger partial charge in [0, 0.05) is 0 Å². The van der Waals surface area contributed by atoms with E-state index in [9.17, 15) is 26.3 Å². The van der Waals surface area contributed by atoms with Crippen LogP contribution >= 0.6 is 55.1 Å². The Morgan fingerprint density at radius 2 is 0.786 bits per heavy atom. The lowest BCUT2D eigenvalue weighted by molar-refractivity contribution is -0.125. The standard InChI is InChI=1S/C4Br2Cl2F6/c5-1(9,3(7,11)12)2(6,10)4(8,13)14. The molecule has 86 valence electrons. The molecule has 2 unspecified atom stereocenters. The molecule has 0 heterocycles. The van der Waals surface area contributed by atoms with E-state index in [0.717, 1.165) is 0 Å². The van der Waals surface area contributed by atoms with Gasteiger partial charge in [0.1, 0.15) is 0 Å². The molecule has 0 bridgehead atoms. The Kier molecular flexibility index (Phi) is 4.16. The molecule has 0 aromatic heterocycles. The number of hydrogen-bond donors (Lipinski definition) is 0. The molecule has 0 saturated carbocycles. The Morgan fingerprint density at radius 3 is 0.857 bits per heavy atom. The van der Waals surface area contributed by atoms with Gasteiger partial charge < -0.3 is 0 Å². The summed E-state index contributed by atoms with van der Waals surface area (Å²) in [7, 11) is 0. The summed E-state index contributed by atoms with van der Waals surface area (Å²) in [6, 6.07) is 0. The van der Waals surface area contributed by atoms with Gasteiger partial charge in [-0.1, -0.05) is 0 Å². The van der Waals surface area contributed by atoms with Gasteiger partial charge >= 0.3 is 10.8 Å². The van der Waals surface area contributed by atoms with Gasteiger partial charge in [0.2, 0.25) is 0 Å². The van der Waals surface area contributed by atoms with Crippen molar-refractivity contribution in [3.63, 3.8) is 0 Å². The molecule has 0 aromatic rings. The Labute approximate surface area is 101 Å². The Morgan fingerprint density at radius 1 is 0.643 bits per heavy atom. The van der Waals surface area contributed by atoms with Gasteiger partial charge in [-0.25, -0.2) is 8.78 Å². The zero-order valence-corrected chi connectivity index (χ0v) is 10.5. The van der Waals surface area contributed by atoms with Crippen LogP contribution in [0, 0.1) is 0 Å². The first-order chi connectivity index (χ1) is 5.75. The molecule has 10 heteroatoms. The quantitative estimate of drug-likeness (QED) is 0.479. The molecule has 0 aliphatic heterocycles. The molecule has 0 aromatic carbocycles. The molecule has 0 aliphatic carbocycles. The summed E-state index contributed by atoms with van der Waals surface area (Å²) in [5.74, 6) is 0. The summed E-state index contributed by atoms with van der Waals surface area (Å²) in [5, 5.41) is -9.85. The van der Waals surface area contributed by atoms with Crippen molar-refractivity contribution < 1.29 is 26.3 Å². The highest BCUT2D eigenvalue weighted by molar-refractivity contribution is 9.12. The van der Waals surface area contributed by atoms with Crippen molar-refractivity contribution in [3.8, 4) is 0 Å². The van der Waals surface area contributed by atoms with E-state index in [4.69, 9.17) is 0 Å². The summed E-state index contributed by atoms with van der Waals surface area (Å²) >= 11 is 11.0. The fourth-order valence-corrected chi connectivity index (χ4v) is 1.34. The lowest BCUT2D eigenvalue weighted by Crippen LogP contribution is -2.56. The number of hydrogen-bond acceptors (Lipinski definition) is 0. The zero-order chi connectivity index (χ0) is 12.0. The Hall–Kier alpha value is 1.12. The summed E-state index contributed by atoms with van der Waals surface area (Å²) in [6.45, 7) is 0. The molecule has 0 saturated heterocycles. The minimum atomic E-state index is -4.93. The van der Waals surface area contributed by atoms with Crippen LogP contribution in [0.5, 0.6) is 0 Å². The van der Waals surface area contributed by atoms with E-state index < -0.39 is 19.9 Å². The van der Waals surface area contributed by atoms with Gasteiger partial charge in [0.05, 0.1) is 0 Å². The average molecular weight is 393 g/mol. The first-order valence-electron chi connectivity index (χ1n) is 2.64. The maximum Gasteiger partial charge on any atom is 0.369 e. The topological polar surface area (TPSA) is 0 Å². The van der Waals surface area contributed by atoms with Gasteiger partial charge in [-0.05, 0) is 55.1 Å². The van der Waals surface area contributed by atoms with E-state index in [-0.39, 0.29) is 0 Å². The van der Waals surface area contributed by atoms with E-state index in [1.54, 1.807) is 0 Å². The van der Waals surface area contributed by atoms with E-state index in [2.05, 4.69) is 23.2 Å². The molecular formula is C4Br2Cl2F6. The van der Waals surface area contributed by atoms with Crippen molar-refractivity contribution in [2.75, 3.05) is 0 Å². The maximum atomic E-state index is 12.9. The third-order valence-corrected chi connectivity index (χ3v) is 4.70. The molecule has 2 atom stereocenters. The van der Waals surface area contributed by atoms with Crippen LogP contribution in [0.3, 0.4) is 0 Å². The average Bonchev–Trinajstić information content (AvgIpc) is 1.81. The van der Waals surface area contributed by atoms with Gasteiger partial charge in [-0.3, -0.25) is 0 Å². The molecule has 14 heavy (non-hydrogen) atoms. The Bertz CT molecular complexity index is 195. The van der Waals surface area contributed by atoms with Crippen molar-refractivity contribution in [2.45, 2.75) is 19.9 Å². The van der Waals surface area contributed by atoms with Crippen molar-refractivity contribution in [2.24, 2.45) is 0 Å². The monoisotopic (exact) mass is 390 g/mol. The summed E-state index contributed by atoms with van der Waals surface area (Å²) < 4.78 is 65.5. The zero-order valence-electron chi connectivity index (χ0n) is 5.78. The minimum Gasteiger partial charge on any atom is -0.218 e. The van der Waals surface area contributed by atoms with Gasteiger partial charge in [-0.15, -0.1) is 0 Å². The van der Waals surface area contributed by atoms with Crippen LogP contribution in [0.4, 0.5) is 26.3 Å². The molecule has 0 amide bonds. The van der Waals surface area contributed by atoms with Crippen LogP contribution in [0.2, 0.25) is 0 Å². The van der Waals surface area contributed by atoms with E-state index in [1.165, 1.54) is 31.9 Å². The lowest BCUT2D eigenvalue weighted by Gasteiger charge is -2.34. The van der Waals surface area contributed by atoms with Crippen molar-refractivity contribution in [3.05, 3.63) is 0 Å². The van der Waals surface area contributed by atoms with Crippen LogP contribution in [-0.4, -0.2) is 19.9 Å². The molecular weight excluding hydrogens is 393 g/mol. The predicted octanol–water partition coefficient (Wildman–Crippen LogP) is 4.77. The van der Waals surface area contributed by atoms with E-state index >= 15 is 0 Å². The maximum absolute atomic E-state index is 12.9. The molecule has 0 radical (unpaired) electrons. The highest BCUT2D eigenvalue weighted by Gasteiger charge is 2.75. The van der Waals surface area contributed by atoms with Gasteiger partial charge in [0.25, 0.3) is 9.16 Å².